The SMILES string of the molecule is COc1ccc(OC)c(NC(=S)N[C@@H](NC(=O)c2ccc(I)cc2)C(Cl)(Cl)Cl)c1. The summed E-state index contributed by atoms with van der Waals surface area (Å²) in [6.45, 7) is 0. The number of rotatable bonds is 6. The van der Waals surface area contributed by atoms with E-state index in [0.29, 0.717) is 22.7 Å². The quantitative estimate of drug-likeness (QED) is 0.196. The first kappa shape index (κ1) is 24.1. The molecular weight excluding hydrogens is 572 g/mol. The molecule has 0 unspecified atom stereocenters. The molecule has 1 amide bonds. The van der Waals surface area contributed by atoms with E-state index in [1.165, 1.54) is 7.11 Å². The van der Waals surface area contributed by atoms with Gasteiger partial charge in [0.1, 0.15) is 17.7 Å². The van der Waals surface area contributed by atoms with Gasteiger partial charge in [-0.3, -0.25) is 4.79 Å². The molecule has 29 heavy (non-hydrogen) atoms. The first-order valence-electron chi connectivity index (χ1n) is 8.06. The van der Waals surface area contributed by atoms with Crippen LogP contribution in [0.15, 0.2) is 42.5 Å². The van der Waals surface area contributed by atoms with Crippen molar-refractivity contribution in [1.82, 2.24) is 10.6 Å². The van der Waals surface area contributed by atoms with Crippen LogP contribution in [0.4, 0.5) is 5.69 Å². The summed E-state index contributed by atoms with van der Waals surface area (Å²) < 4.78 is 9.62. The zero-order valence-corrected chi connectivity index (χ0v) is 20.5. The number of hydrogen-bond acceptors (Lipinski definition) is 4. The molecule has 1 atom stereocenters. The number of carbonyl (C=O) groups is 1. The Kier molecular flexibility index (Phi) is 8.90. The van der Waals surface area contributed by atoms with Gasteiger partial charge in [0.2, 0.25) is 3.79 Å². The van der Waals surface area contributed by atoms with E-state index in [2.05, 4.69) is 38.5 Å². The third-order valence-corrected chi connectivity index (χ3v) is 5.23. The van der Waals surface area contributed by atoms with Gasteiger partial charge in [0, 0.05) is 15.2 Å². The highest BCUT2D eigenvalue weighted by Gasteiger charge is 2.35. The first-order chi connectivity index (χ1) is 13.6. The Morgan fingerprint density at radius 2 is 1.72 bits per heavy atom. The van der Waals surface area contributed by atoms with Gasteiger partial charge < -0.3 is 25.4 Å². The van der Waals surface area contributed by atoms with Gasteiger partial charge in [0.25, 0.3) is 5.91 Å². The van der Waals surface area contributed by atoms with Gasteiger partial charge in [-0.1, -0.05) is 34.8 Å². The van der Waals surface area contributed by atoms with Crippen molar-refractivity contribution in [1.29, 1.82) is 0 Å². The van der Waals surface area contributed by atoms with Crippen molar-refractivity contribution >= 4 is 86.3 Å². The molecule has 2 aromatic rings. The Balaban J connectivity index is 2.13. The van der Waals surface area contributed by atoms with Crippen molar-refractivity contribution in [2.24, 2.45) is 0 Å². The van der Waals surface area contributed by atoms with Crippen LogP contribution in [0, 0.1) is 3.57 Å². The Hall–Kier alpha value is -1.20. The predicted octanol–water partition coefficient (Wildman–Crippen LogP) is 4.72. The monoisotopic (exact) mass is 587 g/mol. The van der Waals surface area contributed by atoms with Gasteiger partial charge in [-0.2, -0.15) is 0 Å². The summed E-state index contributed by atoms with van der Waals surface area (Å²) >= 11 is 25.5. The minimum absolute atomic E-state index is 0.107. The maximum absolute atomic E-state index is 12.5. The van der Waals surface area contributed by atoms with Crippen LogP contribution in [-0.4, -0.2) is 35.2 Å². The third kappa shape index (κ3) is 7.21. The predicted molar refractivity (Wildman–Crippen MR) is 130 cm³/mol. The van der Waals surface area contributed by atoms with Crippen LogP contribution in [0.3, 0.4) is 0 Å². The van der Waals surface area contributed by atoms with Crippen LogP contribution in [0.5, 0.6) is 11.5 Å². The number of thiocarbonyl (C=S) groups is 1. The second kappa shape index (κ2) is 10.7. The topological polar surface area (TPSA) is 71.6 Å². The summed E-state index contributed by atoms with van der Waals surface area (Å²) in [6, 6.07) is 12.1. The van der Waals surface area contributed by atoms with Crippen molar-refractivity contribution in [3.8, 4) is 11.5 Å². The van der Waals surface area contributed by atoms with E-state index in [0.717, 1.165) is 3.57 Å². The average molecular weight is 589 g/mol. The fourth-order valence-corrected chi connectivity index (χ4v) is 3.13. The van der Waals surface area contributed by atoms with Crippen molar-refractivity contribution in [2.45, 2.75) is 9.96 Å². The van der Waals surface area contributed by atoms with Crippen LogP contribution >= 0.6 is 69.6 Å². The summed E-state index contributed by atoms with van der Waals surface area (Å²) in [5.74, 6) is 0.705. The number of halogens is 4. The number of carbonyl (C=O) groups excluding carboxylic acids is 1. The highest BCUT2D eigenvalue weighted by molar-refractivity contribution is 14.1. The third-order valence-electron chi connectivity index (χ3n) is 3.64. The van der Waals surface area contributed by atoms with Gasteiger partial charge in [0.05, 0.1) is 19.9 Å². The maximum Gasteiger partial charge on any atom is 0.252 e. The van der Waals surface area contributed by atoms with E-state index in [9.17, 15) is 4.79 Å². The normalized spacial score (nSPS) is 11.9. The van der Waals surface area contributed by atoms with E-state index < -0.39 is 15.9 Å². The molecule has 0 radical (unpaired) electrons. The Morgan fingerprint density at radius 1 is 1.07 bits per heavy atom. The number of benzene rings is 2. The summed E-state index contributed by atoms with van der Waals surface area (Å²) in [6.07, 6.45) is -1.10. The molecule has 0 aliphatic rings. The molecule has 0 aliphatic heterocycles. The molecule has 0 aromatic heterocycles. The molecule has 0 saturated carbocycles. The van der Waals surface area contributed by atoms with E-state index in [-0.39, 0.29) is 5.11 Å². The van der Waals surface area contributed by atoms with E-state index in [1.807, 2.05) is 0 Å². The van der Waals surface area contributed by atoms with Gasteiger partial charge in [-0.25, -0.2) is 0 Å². The molecule has 3 N–H and O–H groups in total. The molecule has 2 rings (SSSR count). The summed E-state index contributed by atoms with van der Waals surface area (Å²) in [7, 11) is 3.07. The van der Waals surface area contributed by atoms with E-state index in [1.54, 1.807) is 49.6 Å². The van der Waals surface area contributed by atoms with Gasteiger partial charge in [0.15, 0.2) is 5.11 Å². The Labute approximate surface area is 202 Å². The molecule has 2 aromatic carbocycles. The lowest BCUT2D eigenvalue weighted by Crippen LogP contribution is -2.56. The average Bonchev–Trinajstić information content (AvgIpc) is 2.67. The Bertz CT molecular complexity index is 879. The lowest BCUT2D eigenvalue weighted by atomic mass is 10.2. The van der Waals surface area contributed by atoms with Gasteiger partial charge in [-0.05, 0) is 71.2 Å². The fourth-order valence-electron chi connectivity index (χ4n) is 2.22. The summed E-state index contributed by atoms with van der Waals surface area (Å²) in [5.41, 5.74) is 0.955. The van der Waals surface area contributed by atoms with Crippen molar-refractivity contribution in [2.75, 3.05) is 19.5 Å². The number of ether oxygens (including phenoxy) is 2. The van der Waals surface area contributed by atoms with Gasteiger partial charge >= 0.3 is 0 Å². The molecule has 6 nitrogen and oxygen atoms in total. The molecule has 11 heteroatoms. The zero-order chi connectivity index (χ0) is 21.6. The lowest BCUT2D eigenvalue weighted by Gasteiger charge is -2.28. The molecule has 0 heterocycles. The minimum atomic E-state index is -1.87. The minimum Gasteiger partial charge on any atom is -0.497 e. The standard InChI is InChI=1S/C18H17Cl3IN3O3S/c1-27-12-7-8-14(28-2)13(9-12)23-17(29)25-16(18(19,20)21)24-15(26)10-3-5-11(22)6-4-10/h3-9,16H,1-2H3,(H,24,26)(H2,23,25,29)/t16-/m1/s1. The number of alkyl halides is 3. The Morgan fingerprint density at radius 3 is 2.28 bits per heavy atom. The molecule has 156 valence electrons. The summed E-state index contributed by atoms with van der Waals surface area (Å²) in [5, 5.41) is 8.48. The molecule has 0 spiro atoms. The number of anilines is 1. The number of methoxy groups -OCH3 is 2. The van der Waals surface area contributed by atoms with Crippen LogP contribution < -0.4 is 25.4 Å². The second-order valence-corrected chi connectivity index (χ2v) is 9.64. The zero-order valence-electron chi connectivity index (χ0n) is 15.3. The van der Waals surface area contributed by atoms with Crippen molar-refractivity contribution < 1.29 is 14.3 Å². The van der Waals surface area contributed by atoms with Crippen LogP contribution in [0.2, 0.25) is 0 Å². The maximum atomic E-state index is 12.5. The highest BCUT2D eigenvalue weighted by Crippen LogP contribution is 2.31. The largest absolute Gasteiger partial charge is 0.497 e. The molecular formula is C18H17Cl3IN3O3S. The van der Waals surface area contributed by atoms with E-state index >= 15 is 0 Å². The van der Waals surface area contributed by atoms with Crippen LogP contribution in [-0.2, 0) is 0 Å². The molecule has 0 bridgehead atoms. The molecule has 0 aliphatic carbocycles. The number of amides is 1. The number of nitrogens with one attached hydrogen (secondary N) is 3. The smallest absolute Gasteiger partial charge is 0.252 e. The fraction of sp³-hybridized carbons (Fsp3) is 0.222. The molecule has 0 saturated heterocycles. The lowest BCUT2D eigenvalue weighted by molar-refractivity contribution is 0.0934. The summed E-state index contributed by atoms with van der Waals surface area (Å²) in [4.78, 5) is 12.5. The first-order valence-corrected chi connectivity index (χ1v) is 10.7. The van der Waals surface area contributed by atoms with E-state index in [4.69, 9.17) is 56.5 Å². The van der Waals surface area contributed by atoms with Crippen LogP contribution in [0.1, 0.15) is 10.4 Å². The van der Waals surface area contributed by atoms with Crippen molar-refractivity contribution in [3.05, 3.63) is 51.6 Å². The second-order valence-electron chi connectivity index (χ2n) is 5.62. The highest BCUT2D eigenvalue weighted by atomic mass is 127. The number of hydrogen-bond donors (Lipinski definition) is 3. The van der Waals surface area contributed by atoms with Crippen molar-refractivity contribution in [3.63, 3.8) is 0 Å². The van der Waals surface area contributed by atoms with Gasteiger partial charge in [-0.15, -0.1) is 0 Å². The van der Waals surface area contributed by atoms with Crippen LogP contribution in [0.25, 0.3) is 0 Å². The molecule has 0 fully saturated rings.